The lowest BCUT2D eigenvalue weighted by atomic mass is 10.1. The van der Waals surface area contributed by atoms with Crippen LogP contribution in [0.4, 0.5) is 13.2 Å². The lowest BCUT2D eigenvalue weighted by molar-refractivity contribution is -0.137. The van der Waals surface area contributed by atoms with E-state index in [1.165, 1.54) is 23.0 Å². The fraction of sp³-hybridized carbons (Fsp3) is 0.308. The van der Waals surface area contributed by atoms with E-state index in [1.807, 2.05) is 0 Å². The van der Waals surface area contributed by atoms with E-state index in [0.29, 0.717) is 5.92 Å². The molecule has 0 aliphatic heterocycles. The van der Waals surface area contributed by atoms with Gasteiger partial charge in [0.25, 0.3) is 0 Å². The number of halogens is 4. The molecule has 0 saturated heterocycles. The van der Waals surface area contributed by atoms with Gasteiger partial charge in [-0.15, -0.1) is 0 Å². The predicted octanol–water partition coefficient (Wildman–Crippen LogP) is 4.42. The van der Waals surface area contributed by atoms with Crippen LogP contribution in [0.2, 0.25) is 5.02 Å². The Kier molecular flexibility index (Phi) is 2.82. The Bertz CT molecular complexity index is 615. The fourth-order valence-electron chi connectivity index (χ4n) is 2.12. The van der Waals surface area contributed by atoms with E-state index < -0.39 is 11.7 Å². The van der Waals surface area contributed by atoms with Crippen molar-refractivity contribution in [1.29, 1.82) is 0 Å². The summed E-state index contributed by atoms with van der Waals surface area (Å²) in [6.07, 6.45) is -0.920. The molecule has 2 aromatic rings. The van der Waals surface area contributed by atoms with Crippen molar-refractivity contribution in [2.24, 2.45) is 0 Å². The van der Waals surface area contributed by atoms with Gasteiger partial charge in [-0.2, -0.15) is 18.3 Å². The van der Waals surface area contributed by atoms with Gasteiger partial charge in [0.15, 0.2) is 0 Å². The van der Waals surface area contributed by atoms with Gasteiger partial charge in [0.2, 0.25) is 0 Å². The predicted molar refractivity (Wildman–Crippen MR) is 65.6 cm³/mol. The summed E-state index contributed by atoms with van der Waals surface area (Å²) in [5.41, 5.74) is 0.0993. The maximum absolute atomic E-state index is 13.1. The minimum atomic E-state index is -4.45. The van der Waals surface area contributed by atoms with Gasteiger partial charge >= 0.3 is 6.18 Å². The summed E-state index contributed by atoms with van der Waals surface area (Å²) in [6, 6.07) is 5.52. The molecule has 1 aliphatic carbocycles. The summed E-state index contributed by atoms with van der Waals surface area (Å²) in [6.45, 7) is 0. The van der Waals surface area contributed by atoms with E-state index in [-0.39, 0.29) is 10.7 Å². The zero-order chi connectivity index (χ0) is 13.6. The van der Waals surface area contributed by atoms with Crippen molar-refractivity contribution in [3.05, 3.63) is 46.7 Å². The van der Waals surface area contributed by atoms with Crippen molar-refractivity contribution in [1.82, 2.24) is 9.78 Å². The van der Waals surface area contributed by atoms with Gasteiger partial charge in [0.05, 0.1) is 11.3 Å². The molecular weight excluding hydrogens is 277 g/mol. The molecule has 0 bridgehead atoms. The smallest absolute Gasteiger partial charge is 0.237 e. The third kappa shape index (κ3) is 2.34. The van der Waals surface area contributed by atoms with Gasteiger partial charge in [-0.05, 0) is 37.1 Å². The van der Waals surface area contributed by atoms with Crippen LogP contribution in [-0.2, 0) is 6.18 Å². The Balaban J connectivity index is 2.16. The highest BCUT2D eigenvalue weighted by Gasteiger charge is 2.36. The van der Waals surface area contributed by atoms with Crippen LogP contribution in [0.25, 0.3) is 5.69 Å². The standard InChI is InChI=1S/C13H10ClF3N2/c14-9-3-4-12(10(7-9)13(15,16)17)19-11(5-6-18-19)8-1-2-8/h3-8H,1-2H2. The molecule has 0 atom stereocenters. The largest absolute Gasteiger partial charge is 0.418 e. The van der Waals surface area contributed by atoms with Crippen molar-refractivity contribution in [3.8, 4) is 5.69 Å². The minimum absolute atomic E-state index is 0.0313. The summed E-state index contributed by atoms with van der Waals surface area (Å²) in [4.78, 5) is 0. The summed E-state index contributed by atoms with van der Waals surface area (Å²) in [5.74, 6) is 0.319. The van der Waals surface area contributed by atoms with Crippen LogP contribution in [0.3, 0.4) is 0 Å². The maximum Gasteiger partial charge on any atom is 0.418 e. The van der Waals surface area contributed by atoms with E-state index in [0.717, 1.165) is 24.6 Å². The molecule has 19 heavy (non-hydrogen) atoms. The quantitative estimate of drug-likeness (QED) is 0.799. The molecule has 1 heterocycles. The van der Waals surface area contributed by atoms with Crippen LogP contribution in [-0.4, -0.2) is 9.78 Å². The van der Waals surface area contributed by atoms with Crippen LogP contribution in [0.5, 0.6) is 0 Å². The van der Waals surface area contributed by atoms with E-state index in [4.69, 9.17) is 11.6 Å². The van der Waals surface area contributed by atoms with Crippen molar-refractivity contribution in [3.63, 3.8) is 0 Å². The number of hydrogen-bond acceptors (Lipinski definition) is 1. The van der Waals surface area contributed by atoms with Gasteiger partial charge in [-0.25, -0.2) is 4.68 Å². The lowest BCUT2D eigenvalue weighted by Crippen LogP contribution is -2.13. The maximum atomic E-state index is 13.1. The molecule has 0 amide bonds. The lowest BCUT2D eigenvalue weighted by Gasteiger charge is -2.15. The molecule has 3 rings (SSSR count). The molecule has 1 aromatic carbocycles. The molecule has 2 nitrogen and oxygen atoms in total. The molecule has 1 fully saturated rings. The summed E-state index contributed by atoms with van der Waals surface area (Å²) >= 11 is 5.67. The molecule has 0 N–H and O–H groups in total. The molecule has 100 valence electrons. The first-order valence-corrected chi connectivity index (χ1v) is 6.25. The molecule has 1 aliphatic rings. The van der Waals surface area contributed by atoms with E-state index in [9.17, 15) is 13.2 Å². The van der Waals surface area contributed by atoms with E-state index in [2.05, 4.69) is 5.10 Å². The van der Waals surface area contributed by atoms with Gasteiger partial charge in [-0.1, -0.05) is 11.6 Å². The highest BCUT2D eigenvalue weighted by molar-refractivity contribution is 6.30. The average Bonchev–Trinajstić information content (AvgIpc) is 3.06. The molecule has 6 heteroatoms. The van der Waals surface area contributed by atoms with Crippen molar-refractivity contribution in [2.75, 3.05) is 0 Å². The molecule has 0 unspecified atom stereocenters. The first kappa shape index (κ1) is 12.5. The molecule has 1 saturated carbocycles. The first-order valence-electron chi connectivity index (χ1n) is 5.88. The Hall–Kier alpha value is -1.49. The zero-order valence-corrected chi connectivity index (χ0v) is 10.5. The summed E-state index contributed by atoms with van der Waals surface area (Å²) in [7, 11) is 0. The average molecular weight is 287 g/mol. The van der Waals surface area contributed by atoms with Gasteiger partial charge in [-0.3, -0.25) is 0 Å². The van der Waals surface area contributed by atoms with Crippen LogP contribution in [0.1, 0.15) is 30.0 Å². The number of hydrogen-bond donors (Lipinski definition) is 0. The van der Waals surface area contributed by atoms with Crippen molar-refractivity contribution < 1.29 is 13.2 Å². The van der Waals surface area contributed by atoms with Crippen LogP contribution < -0.4 is 0 Å². The van der Waals surface area contributed by atoms with Crippen LogP contribution in [0, 0.1) is 0 Å². The van der Waals surface area contributed by atoms with Crippen molar-refractivity contribution in [2.45, 2.75) is 24.9 Å². The third-order valence-corrected chi connectivity index (χ3v) is 3.39. The van der Waals surface area contributed by atoms with Gasteiger partial charge in [0, 0.05) is 22.8 Å². The molecular formula is C13H10ClF3N2. The highest BCUT2D eigenvalue weighted by Crippen LogP contribution is 2.42. The minimum Gasteiger partial charge on any atom is -0.237 e. The Labute approximate surface area is 112 Å². The normalized spacial score (nSPS) is 15.8. The molecule has 1 aromatic heterocycles. The summed E-state index contributed by atoms with van der Waals surface area (Å²) in [5, 5.41) is 4.09. The second-order valence-electron chi connectivity index (χ2n) is 4.60. The first-order chi connectivity index (χ1) is 8.97. The van der Waals surface area contributed by atoms with Crippen molar-refractivity contribution >= 4 is 11.6 Å². The number of benzene rings is 1. The van der Waals surface area contributed by atoms with E-state index >= 15 is 0 Å². The Morgan fingerprint density at radius 1 is 1.21 bits per heavy atom. The highest BCUT2D eigenvalue weighted by atomic mass is 35.5. The topological polar surface area (TPSA) is 17.8 Å². The van der Waals surface area contributed by atoms with E-state index in [1.54, 1.807) is 6.07 Å². The van der Waals surface area contributed by atoms with Crippen LogP contribution in [0.15, 0.2) is 30.5 Å². The Morgan fingerprint density at radius 3 is 2.58 bits per heavy atom. The number of rotatable bonds is 2. The summed E-state index contributed by atoms with van der Waals surface area (Å²) < 4.78 is 40.6. The number of alkyl halides is 3. The number of aromatic nitrogens is 2. The van der Waals surface area contributed by atoms with Gasteiger partial charge < -0.3 is 0 Å². The molecule has 0 radical (unpaired) electrons. The number of nitrogens with zero attached hydrogens (tertiary/aromatic N) is 2. The van der Waals surface area contributed by atoms with Crippen LogP contribution >= 0.6 is 11.6 Å². The zero-order valence-electron chi connectivity index (χ0n) is 9.78. The SMILES string of the molecule is FC(F)(F)c1cc(Cl)ccc1-n1nccc1C1CC1. The monoisotopic (exact) mass is 286 g/mol. The second kappa shape index (κ2) is 4.27. The van der Waals surface area contributed by atoms with Gasteiger partial charge in [0.1, 0.15) is 0 Å². The molecule has 0 spiro atoms. The Morgan fingerprint density at radius 2 is 1.95 bits per heavy atom. The second-order valence-corrected chi connectivity index (χ2v) is 5.04. The fourth-order valence-corrected chi connectivity index (χ4v) is 2.30. The third-order valence-electron chi connectivity index (χ3n) is 3.16.